The molecule has 4 aliphatic rings. The second-order valence-corrected chi connectivity index (χ2v) is 7.63. The lowest BCUT2D eigenvalue weighted by molar-refractivity contribution is -0.136. The van der Waals surface area contributed by atoms with Gasteiger partial charge in [0.25, 0.3) is 5.91 Å². The zero-order chi connectivity index (χ0) is 15.6. The Labute approximate surface area is 133 Å². The first kappa shape index (κ1) is 13.5. The highest BCUT2D eigenvalue weighted by atomic mass is 16.3. The molecule has 4 saturated carbocycles. The summed E-state index contributed by atoms with van der Waals surface area (Å²) >= 11 is 0. The van der Waals surface area contributed by atoms with Gasteiger partial charge in [0.1, 0.15) is 5.69 Å². The van der Waals surface area contributed by atoms with Crippen LogP contribution in [0.1, 0.15) is 42.6 Å². The molecule has 4 aliphatic carbocycles. The zero-order valence-electron chi connectivity index (χ0n) is 12.9. The van der Waals surface area contributed by atoms with Gasteiger partial charge in [0.2, 0.25) is 0 Å². The molecule has 4 fully saturated rings. The summed E-state index contributed by atoms with van der Waals surface area (Å²) in [4.78, 5) is 17.0. The minimum atomic E-state index is -0.470. The highest BCUT2D eigenvalue weighted by Crippen LogP contribution is 2.55. The third kappa shape index (κ3) is 2.01. The van der Waals surface area contributed by atoms with Gasteiger partial charge in [-0.15, -0.1) is 0 Å². The number of hydrogen-bond donors (Lipinski definition) is 2. The first-order chi connectivity index (χ1) is 11.1. The summed E-state index contributed by atoms with van der Waals surface area (Å²) in [6, 6.07) is 3.82. The van der Waals surface area contributed by atoms with Gasteiger partial charge < -0.3 is 10.4 Å². The molecule has 6 heteroatoms. The highest BCUT2D eigenvalue weighted by molar-refractivity contribution is 5.93. The lowest BCUT2D eigenvalue weighted by Crippen LogP contribution is -2.61. The van der Waals surface area contributed by atoms with Crippen molar-refractivity contribution in [2.75, 3.05) is 0 Å². The van der Waals surface area contributed by atoms with Crippen LogP contribution in [0.3, 0.4) is 0 Å². The lowest BCUT2D eigenvalue weighted by atomic mass is 9.52. The molecule has 2 atom stereocenters. The van der Waals surface area contributed by atoms with Crippen LogP contribution in [-0.4, -0.2) is 37.3 Å². The number of nitrogens with one attached hydrogen (secondary N) is 1. The molecule has 23 heavy (non-hydrogen) atoms. The number of fused-ring (bicyclic) bond motifs is 1. The standard InChI is InChI=1S/C17H20N4O2/c22-16(13-9-18-14-2-1-3-19-21(13)14)20-15-11-4-10-5-12(15)8-17(23,6-10)7-11/h1-3,9-12,15,23H,4-8H2,(H,20,22). The fourth-order valence-corrected chi connectivity index (χ4v) is 5.43. The van der Waals surface area contributed by atoms with Crippen molar-refractivity contribution in [3.63, 3.8) is 0 Å². The quantitative estimate of drug-likeness (QED) is 0.878. The third-order valence-corrected chi connectivity index (χ3v) is 6.05. The highest BCUT2D eigenvalue weighted by Gasteiger charge is 2.55. The monoisotopic (exact) mass is 312 g/mol. The van der Waals surface area contributed by atoms with Crippen LogP contribution in [0, 0.1) is 17.8 Å². The van der Waals surface area contributed by atoms with Crippen LogP contribution >= 0.6 is 0 Å². The summed E-state index contributed by atoms with van der Waals surface area (Å²) in [5.74, 6) is 1.34. The predicted molar refractivity (Wildman–Crippen MR) is 82.7 cm³/mol. The number of carbonyl (C=O) groups excluding carboxylic acids is 1. The van der Waals surface area contributed by atoms with Crippen molar-refractivity contribution in [2.24, 2.45) is 17.8 Å². The van der Waals surface area contributed by atoms with Gasteiger partial charge in [0.05, 0.1) is 11.8 Å². The molecule has 0 aromatic carbocycles. The van der Waals surface area contributed by atoms with Gasteiger partial charge >= 0.3 is 0 Å². The molecule has 0 saturated heterocycles. The molecule has 2 N–H and O–H groups in total. The Morgan fingerprint density at radius 3 is 2.83 bits per heavy atom. The Morgan fingerprint density at radius 2 is 2.09 bits per heavy atom. The van der Waals surface area contributed by atoms with Crippen molar-refractivity contribution in [1.82, 2.24) is 19.9 Å². The zero-order valence-corrected chi connectivity index (χ0v) is 12.9. The molecule has 2 heterocycles. The van der Waals surface area contributed by atoms with Gasteiger partial charge in [-0.2, -0.15) is 5.10 Å². The second kappa shape index (κ2) is 4.54. The minimum Gasteiger partial charge on any atom is -0.390 e. The van der Waals surface area contributed by atoms with Crippen molar-refractivity contribution in [1.29, 1.82) is 0 Å². The summed E-state index contributed by atoms with van der Waals surface area (Å²) in [6.45, 7) is 0. The average Bonchev–Trinajstić information content (AvgIpc) is 2.93. The van der Waals surface area contributed by atoms with Crippen molar-refractivity contribution in [2.45, 2.75) is 43.7 Å². The van der Waals surface area contributed by atoms with E-state index >= 15 is 0 Å². The van der Waals surface area contributed by atoms with E-state index < -0.39 is 5.60 Å². The Kier molecular flexibility index (Phi) is 2.66. The number of rotatable bonds is 2. The van der Waals surface area contributed by atoms with E-state index in [0.717, 1.165) is 32.1 Å². The summed E-state index contributed by atoms with van der Waals surface area (Å²) in [7, 11) is 0. The Morgan fingerprint density at radius 1 is 1.30 bits per heavy atom. The average molecular weight is 312 g/mol. The van der Waals surface area contributed by atoms with Crippen LogP contribution in [0.2, 0.25) is 0 Å². The van der Waals surface area contributed by atoms with E-state index in [1.807, 2.05) is 12.1 Å². The topological polar surface area (TPSA) is 79.5 Å². The van der Waals surface area contributed by atoms with Gasteiger partial charge in [0.15, 0.2) is 5.65 Å². The fraction of sp³-hybridized carbons (Fsp3) is 0.588. The number of carbonyl (C=O) groups is 1. The molecular formula is C17H20N4O2. The van der Waals surface area contributed by atoms with Crippen LogP contribution < -0.4 is 5.32 Å². The summed E-state index contributed by atoms with van der Waals surface area (Å²) < 4.78 is 1.58. The molecule has 0 radical (unpaired) electrons. The Hall–Kier alpha value is -1.95. The number of nitrogens with zero attached hydrogens (tertiary/aromatic N) is 3. The fourth-order valence-electron chi connectivity index (χ4n) is 5.43. The smallest absolute Gasteiger partial charge is 0.271 e. The van der Waals surface area contributed by atoms with Crippen molar-refractivity contribution in [3.8, 4) is 0 Å². The maximum Gasteiger partial charge on any atom is 0.271 e. The maximum absolute atomic E-state index is 12.7. The number of amides is 1. The normalized spacial score (nSPS) is 38.1. The van der Waals surface area contributed by atoms with Gasteiger partial charge in [0, 0.05) is 12.2 Å². The molecule has 0 spiro atoms. The number of aliphatic hydroxyl groups is 1. The molecular weight excluding hydrogens is 292 g/mol. The van der Waals surface area contributed by atoms with Crippen LogP contribution in [0.25, 0.3) is 5.65 Å². The first-order valence-corrected chi connectivity index (χ1v) is 8.43. The largest absolute Gasteiger partial charge is 0.390 e. The van der Waals surface area contributed by atoms with Gasteiger partial charge in [-0.25, -0.2) is 9.50 Å². The third-order valence-electron chi connectivity index (χ3n) is 6.05. The molecule has 6 rings (SSSR count). The van der Waals surface area contributed by atoms with E-state index in [-0.39, 0.29) is 11.9 Å². The molecule has 1 amide bonds. The molecule has 2 aromatic rings. The van der Waals surface area contributed by atoms with Crippen LogP contribution in [-0.2, 0) is 0 Å². The second-order valence-electron chi connectivity index (χ2n) is 7.63. The molecule has 4 bridgehead atoms. The molecule has 120 valence electrons. The molecule has 0 aliphatic heterocycles. The van der Waals surface area contributed by atoms with Crippen molar-refractivity contribution < 1.29 is 9.90 Å². The van der Waals surface area contributed by atoms with Crippen LogP contribution in [0.15, 0.2) is 24.5 Å². The number of hydrogen-bond acceptors (Lipinski definition) is 4. The summed E-state index contributed by atoms with van der Waals surface area (Å²) in [5.41, 5.74) is 0.688. The van der Waals surface area contributed by atoms with E-state index in [4.69, 9.17) is 0 Å². The summed E-state index contributed by atoms with van der Waals surface area (Å²) in [5, 5.41) is 18.1. The van der Waals surface area contributed by atoms with Crippen LogP contribution in [0.5, 0.6) is 0 Å². The van der Waals surface area contributed by atoms with Gasteiger partial charge in [-0.3, -0.25) is 4.79 Å². The molecule has 2 aromatic heterocycles. The Balaban J connectivity index is 1.41. The van der Waals surface area contributed by atoms with Gasteiger partial charge in [-0.1, -0.05) is 0 Å². The molecule has 6 nitrogen and oxygen atoms in total. The predicted octanol–water partition coefficient (Wildman–Crippen LogP) is 1.40. The molecule has 2 unspecified atom stereocenters. The maximum atomic E-state index is 12.7. The van der Waals surface area contributed by atoms with E-state index in [9.17, 15) is 9.90 Å². The first-order valence-electron chi connectivity index (χ1n) is 8.43. The van der Waals surface area contributed by atoms with Crippen molar-refractivity contribution >= 4 is 11.6 Å². The minimum absolute atomic E-state index is 0.110. The van der Waals surface area contributed by atoms with Gasteiger partial charge in [-0.05, 0) is 62.0 Å². The lowest BCUT2D eigenvalue weighted by Gasteiger charge is -2.58. The Bertz CT molecular complexity index is 770. The number of aromatic nitrogens is 3. The van der Waals surface area contributed by atoms with E-state index in [1.165, 1.54) is 0 Å². The van der Waals surface area contributed by atoms with Crippen molar-refractivity contribution in [3.05, 3.63) is 30.2 Å². The van der Waals surface area contributed by atoms with Crippen LogP contribution in [0.4, 0.5) is 0 Å². The van der Waals surface area contributed by atoms with E-state index in [2.05, 4.69) is 15.4 Å². The summed E-state index contributed by atoms with van der Waals surface area (Å²) in [6.07, 6.45) is 8.12. The SMILES string of the molecule is O=C(NC1C2CC3CC1CC(O)(C3)C2)c1cnc2cccnn12. The van der Waals surface area contributed by atoms with E-state index in [0.29, 0.717) is 29.1 Å². The van der Waals surface area contributed by atoms with E-state index in [1.54, 1.807) is 16.9 Å². The number of imidazole rings is 1.